The molecule has 9 nitrogen and oxygen atoms in total. The van der Waals surface area contributed by atoms with Crippen LogP contribution in [0.25, 0.3) is 22.4 Å². The van der Waals surface area contributed by atoms with Gasteiger partial charge in [-0.15, -0.1) is 0 Å². The van der Waals surface area contributed by atoms with E-state index in [0.29, 0.717) is 47.7 Å². The number of amides is 2. The molecule has 234 valence electrons. The molecule has 0 spiro atoms. The number of carbonyl (C=O) groups excluding carboxylic acids is 2. The number of rotatable bonds is 11. The highest BCUT2D eigenvalue weighted by molar-refractivity contribution is 7.14. The van der Waals surface area contributed by atoms with Crippen molar-refractivity contribution in [3.8, 4) is 28.1 Å². The van der Waals surface area contributed by atoms with Crippen molar-refractivity contribution in [2.24, 2.45) is 11.8 Å². The number of ether oxygens (including phenoxy) is 1. The highest BCUT2D eigenvalue weighted by atomic mass is 32.1. The monoisotopic (exact) mass is 630 g/mol. The molecule has 1 atom stereocenters. The zero-order chi connectivity index (χ0) is 31.4. The lowest BCUT2D eigenvalue weighted by Crippen LogP contribution is -2.35. The lowest BCUT2D eigenvalue weighted by atomic mass is 9.90. The second kappa shape index (κ2) is 13.7. The van der Waals surface area contributed by atoms with Gasteiger partial charge in [-0.05, 0) is 61.1 Å². The van der Waals surface area contributed by atoms with Gasteiger partial charge in [-0.25, -0.2) is 9.97 Å². The summed E-state index contributed by atoms with van der Waals surface area (Å²) in [7, 11) is 1.43. The minimum atomic E-state index is -3.11. The van der Waals surface area contributed by atoms with Crippen LogP contribution in [-0.4, -0.2) is 53.1 Å². The molecule has 0 unspecified atom stereocenters. The number of hydrogen-bond donors (Lipinski definition) is 1. The summed E-state index contributed by atoms with van der Waals surface area (Å²) >= 11 is 0.601. The number of alkyl halides is 2. The number of piperidine rings is 1. The van der Waals surface area contributed by atoms with Crippen molar-refractivity contribution in [3.63, 3.8) is 0 Å². The molecule has 3 aromatic rings. The number of hydrogen-bond acceptors (Lipinski definition) is 7. The third-order valence-corrected chi connectivity index (χ3v) is 9.11. The molecule has 44 heavy (non-hydrogen) atoms. The molecule has 2 aliphatic rings. The molecular formula is C31H33F3N4O5S. The van der Waals surface area contributed by atoms with E-state index >= 15 is 4.39 Å². The van der Waals surface area contributed by atoms with Crippen molar-refractivity contribution in [2.45, 2.75) is 64.4 Å². The number of aliphatic carboxylic acids is 1. The molecule has 0 radical (unpaired) electrons. The van der Waals surface area contributed by atoms with E-state index in [1.807, 2.05) is 0 Å². The van der Waals surface area contributed by atoms with Gasteiger partial charge in [0.05, 0.1) is 6.42 Å². The van der Waals surface area contributed by atoms with Crippen molar-refractivity contribution in [1.29, 1.82) is 0 Å². The molecule has 1 aromatic carbocycles. The number of carboxylic acids is 1. The van der Waals surface area contributed by atoms with Crippen LogP contribution < -0.4 is 14.5 Å². The first-order valence-electron chi connectivity index (χ1n) is 14.6. The predicted octanol–water partition coefficient (Wildman–Crippen LogP) is 6.76. The Morgan fingerprint density at radius 1 is 1.14 bits per heavy atom. The topological polar surface area (TPSA) is 113 Å². The normalized spacial score (nSPS) is 16.4. The Morgan fingerprint density at radius 2 is 1.91 bits per heavy atom. The summed E-state index contributed by atoms with van der Waals surface area (Å²) in [4.78, 5) is 49.0. The Kier molecular flexibility index (Phi) is 9.82. The van der Waals surface area contributed by atoms with E-state index in [1.54, 1.807) is 17.0 Å². The molecule has 1 aliphatic heterocycles. The number of pyridine rings is 1. The summed E-state index contributed by atoms with van der Waals surface area (Å²) in [6, 6.07) is 7.45. The Balaban J connectivity index is 1.46. The second-order valence-electron chi connectivity index (χ2n) is 11.2. The number of halogens is 3. The number of carboxylic acid groups (broad SMARTS) is 1. The van der Waals surface area contributed by atoms with Gasteiger partial charge in [-0.1, -0.05) is 37.0 Å². The van der Waals surface area contributed by atoms with Gasteiger partial charge in [-0.2, -0.15) is 13.2 Å². The Labute approximate surface area is 256 Å². The van der Waals surface area contributed by atoms with Crippen molar-refractivity contribution in [2.75, 3.05) is 23.4 Å². The van der Waals surface area contributed by atoms with Crippen molar-refractivity contribution >= 4 is 40.1 Å². The zero-order valence-corrected chi connectivity index (χ0v) is 25.0. The van der Waals surface area contributed by atoms with Gasteiger partial charge in [0.25, 0.3) is 0 Å². The van der Waals surface area contributed by atoms with Crippen LogP contribution in [0.4, 0.5) is 24.1 Å². The Bertz CT molecular complexity index is 1510. The van der Waals surface area contributed by atoms with Gasteiger partial charge in [-0.3, -0.25) is 24.2 Å². The number of benzene rings is 1. The Morgan fingerprint density at radius 3 is 2.57 bits per heavy atom. The van der Waals surface area contributed by atoms with E-state index in [0.717, 1.165) is 38.5 Å². The number of aromatic nitrogens is 2. The van der Waals surface area contributed by atoms with Gasteiger partial charge >= 0.3 is 12.6 Å². The highest BCUT2D eigenvalue weighted by Gasteiger charge is 2.32. The van der Waals surface area contributed by atoms with Crippen LogP contribution in [0.5, 0.6) is 5.75 Å². The molecule has 1 N–H and O–H groups in total. The lowest BCUT2D eigenvalue weighted by Gasteiger charge is -2.25. The molecule has 5 rings (SSSR count). The van der Waals surface area contributed by atoms with Gasteiger partial charge < -0.3 is 9.84 Å². The summed E-state index contributed by atoms with van der Waals surface area (Å²) in [5.41, 5.74) is 0.902. The first-order chi connectivity index (χ1) is 21.1. The molecule has 1 saturated carbocycles. The number of thiazole rings is 1. The van der Waals surface area contributed by atoms with E-state index < -0.39 is 29.5 Å². The first kappa shape index (κ1) is 31.4. The fraction of sp³-hybridized carbons (Fsp3) is 0.452. The quantitative estimate of drug-likeness (QED) is 0.249. The summed E-state index contributed by atoms with van der Waals surface area (Å²) in [6.07, 6.45) is 7.70. The van der Waals surface area contributed by atoms with Crippen molar-refractivity contribution < 1.29 is 37.4 Å². The maximum Gasteiger partial charge on any atom is 0.387 e. The molecular weight excluding hydrogens is 597 g/mol. The van der Waals surface area contributed by atoms with Gasteiger partial charge in [0.2, 0.25) is 16.9 Å². The fourth-order valence-electron chi connectivity index (χ4n) is 6.00. The fourth-order valence-corrected chi connectivity index (χ4v) is 6.78. The molecule has 13 heteroatoms. The van der Waals surface area contributed by atoms with Gasteiger partial charge in [0.1, 0.15) is 17.3 Å². The SMILES string of the molecule is CN(C(=O)[C@@H](CC(=O)O)CC1CCCC1)c1nc(-c2cc(OC(F)F)ccc2-c2ccc(N3CCCCC3=O)nc2)c(F)s1. The average Bonchev–Trinajstić information content (AvgIpc) is 3.65. The van der Waals surface area contributed by atoms with Crippen LogP contribution in [-0.2, 0) is 14.4 Å². The minimum Gasteiger partial charge on any atom is -0.481 e. The smallest absolute Gasteiger partial charge is 0.387 e. The zero-order valence-electron chi connectivity index (χ0n) is 24.2. The van der Waals surface area contributed by atoms with Crippen molar-refractivity contribution in [3.05, 3.63) is 41.7 Å². The maximum absolute atomic E-state index is 15.6. The van der Waals surface area contributed by atoms with Crippen LogP contribution in [0, 0.1) is 17.0 Å². The van der Waals surface area contributed by atoms with Gasteiger partial charge in [0, 0.05) is 43.3 Å². The maximum atomic E-state index is 15.6. The number of nitrogens with zero attached hydrogens (tertiary/aromatic N) is 4. The molecule has 1 saturated heterocycles. The largest absolute Gasteiger partial charge is 0.481 e. The standard InChI is InChI=1S/C31H33F3N4O5S/c1-37(29(42)20(15-26(40)41)14-18-6-2-3-7-18)31-36-27(28(32)44-31)23-16-21(43-30(33)34)10-11-22(23)19-9-12-24(35-17-19)38-13-5-4-8-25(38)39/h9-12,16-18,20,30H,2-8,13-15H2,1H3,(H,40,41)/t20-/m1/s1. The molecule has 1 aliphatic carbocycles. The average molecular weight is 631 g/mol. The molecule has 3 heterocycles. The molecule has 2 fully saturated rings. The van der Waals surface area contributed by atoms with E-state index in [4.69, 9.17) is 0 Å². The summed E-state index contributed by atoms with van der Waals surface area (Å²) in [6.45, 7) is -2.55. The number of carbonyl (C=O) groups is 3. The van der Waals surface area contributed by atoms with Crippen LogP contribution >= 0.6 is 11.3 Å². The van der Waals surface area contributed by atoms with Crippen molar-refractivity contribution in [1.82, 2.24) is 9.97 Å². The first-order valence-corrected chi connectivity index (χ1v) is 15.4. The van der Waals surface area contributed by atoms with Crippen LogP contribution in [0.1, 0.15) is 57.8 Å². The molecule has 0 bridgehead atoms. The van der Waals surface area contributed by atoms with Crippen LogP contribution in [0.2, 0.25) is 0 Å². The van der Waals surface area contributed by atoms with E-state index in [2.05, 4.69) is 14.7 Å². The third kappa shape index (κ3) is 7.20. The van der Waals surface area contributed by atoms with E-state index in [1.165, 1.54) is 36.3 Å². The summed E-state index contributed by atoms with van der Waals surface area (Å²) in [5, 5.41) is 8.70. The minimum absolute atomic E-state index is 0.00697. The molecule has 2 aromatic heterocycles. The Hall–Kier alpha value is -4.00. The molecule has 2 amide bonds. The number of anilines is 2. The van der Waals surface area contributed by atoms with Crippen LogP contribution in [0.15, 0.2) is 36.5 Å². The lowest BCUT2D eigenvalue weighted by molar-refractivity contribution is -0.140. The highest BCUT2D eigenvalue weighted by Crippen LogP contribution is 2.40. The van der Waals surface area contributed by atoms with Crippen LogP contribution in [0.3, 0.4) is 0 Å². The predicted molar refractivity (Wildman–Crippen MR) is 159 cm³/mol. The summed E-state index contributed by atoms with van der Waals surface area (Å²) in [5.74, 6) is -1.84. The summed E-state index contributed by atoms with van der Waals surface area (Å²) < 4.78 is 46.3. The third-order valence-electron chi connectivity index (χ3n) is 8.19. The van der Waals surface area contributed by atoms with E-state index in [-0.39, 0.29) is 40.4 Å². The van der Waals surface area contributed by atoms with Gasteiger partial charge in [0.15, 0.2) is 5.13 Å². The van der Waals surface area contributed by atoms with E-state index in [9.17, 15) is 28.3 Å². The second-order valence-corrected chi connectivity index (χ2v) is 12.1.